The van der Waals surface area contributed by atoms with E-state index >= 15 is 0 Å². The normalized spacial score (nSPS) is 12.3. The number of carbonyl (C=O) groups is 1. The average Bonchev–Trinajstić information content (AvgIpc) is 3.07. The number of nitrogens with zero attached hydrogens (tertiary/aromatic N) is 4. The Bertz CT molecular complexity index is 999. The summed E-state index contributed by atoms with van der Waals surface area (Å²) in [6.07, 6.45) is 4.18. The molecular formula is C18H20FN5O2S. The molecule has 0 bridgehead atoms. The molecule has 1 aromatic carbocycles. The first kappa shape index (κ1) is 19.1. The molecule has 0 aliphatic carbocycles. The van der Waals surface area contributed by atoms with Crippen molar-refractivity contribution in [2.45, 2.75) is 38.0 Å². The minimum Gasteiger partial charge on any atom is -0.353 e. The first-order chi connectivity index (χ1) is 13.0. The topological polar surface area (TPSA) is 81.3 Å². The van der Waals surface area contributed by atoms with Crippen LogP contribution in [0, 0.1) is 5.82 Å². The second kappa shape index (κ2) is 8.34. The van der Waals surface area contributed by atoms with Crippen LogP contribution in [0.3, 0.4) is 0 Å². The van der Waals surface area contributed by atoms with E-state index in [4.69, 9.17) is 0 Å². The highest BCUT2D eigenvalue weighted by atomic mass is 32.2. The molecule has 7 nitrogen and oxygen atoms in total. The standard InChI is InChI=1S/C18H20FN5O2S/c1-3-12(2)20-15(25)11-27-18-22-21-16-17(26)23(8-9-24(16)18)10-13-4-6-14(19)7-5-13/h4-9,12H,3,10-11H2,1-2H3,(H,20,25)/t12-/m0/s1. The van der Waals surface area contributed by atoms with Gasteiger partial charge in [-0.3, -0.25) is 14.0 Å². The summed E-state index contributed by atoms with van der Waals surface area (Å²) in [6, 6.07) is 6.09. The molecule has 0 aliphatic rings. The van der Waals surface area contributed by atoms with Crippen LogP contribution in [0.4, 0.5) is 4.39 Å². The zero-order valence-corrected chi connectivity index (χ0v) is 15.9. The Morgan fingerprint density at radius 3 is 2.70 bits per heavy atom. The molecule has 0 fully saturated rings. The van der Waals surface area contributed by atoms with Gasteiger partial charge >= 0.3 is 0 Å². The van der Waals surface area contributed by atoms with Crippen LogP contribution in [0.15, 0.2) is 46.6 Å². The van der Waals surface area contributed by atoms with E-state index in [1.165, 1.54) is 28.5 Å². The van der Waals surface area contributed by atoms with Crippen LogP contribution in [0.5, 0.6) is 0 Å². The average molecular weight is 389 g/mol. The fourth-order valence-corrected chi connectivity index (χ4v) is 3.19. The van der Waals surface area contributed by atoms with Crippen molar-refractivity contribution in [3.05, 3.63) is 58.4 Å². The Balaban J connectivity index is 1.75. The highest BCUT2D eigenvalue weighted by Gasteiger charge is 2.13. The molecule has 0 radical (unpaired) electrons. The number of halogens is 1. The molecule has 0 saturated heterocycles. The molecule has 0 saturated carbocycles. The number of rotatable bonds is 7. The van der Waals surface area contributed by atoms with Gasteiger partial charge in [-0.15, -0.1) is 10.2 Å². The third-order valence-electron chi connectivity index (χ3n) is 4.13. The minimum atomic E-state index is -0.321. The predicted octanol–water partition coefficient (Wildman–Crippen LogP) is 2.09. The third kappa shape index (κ3) is 4.54. The summed E-state index contributed by atoms with van der Waals surface area (Å²) in [5, 5.41) is 11.3. The molecule has 0 unspecified atom stereocenters. The van der Waals surface area contributed by atoms with Gasteiger partial charge in [0.25, 0.3) is 5.56 Å². The number of thioether (sulfide) groups is 1. The quantitative estimate of drug-likeness (QED) is 0.626. The molecule has 3 aromatic rings. The smallest absolute Gasteiger partial charge is 0.296 e. The Kier molecular flexibility index (Phi) is 5.90. The molecule has 27 heavy (non-hydrogen) atoms. The lowest BCUT2D eigenvalue weighted by Gasteiger charge is -2.10. The summed E-state index contributed by atoms with van der Waals surface area (Å²) in [5.41, 5.74) is 0.688. The Hall–Kier alpha value is -2.68. The van der Waals surface area contributed by atoms with Crippen molar-refractivity contribution >= 4 is 23.3 Å². The van der Waals surface area contributed by atoms with Crippen LogP contribution in [0.2, 0.25) is 0 Å². The molecule has 0 spiro atoms. The summed E-state index contributed by atoms with van der Waals surface area (Å²) in [5.74, 6) is -0.210. The van der Waals surface area contributed by atoms with Crippen molar-refractivity contribution in [1.29, 1.82) is 0 Å². The number of aromatic nitrogens is 4. The molecule has 142 valence electrons. The molecule has 9 heteroatoms. The fraction of sp³-hybridized carbons (Fsp3) is 0.333. The number of hydrogen-bond acceptors (Lipinski definition) is 5. The number of fused-ring (bicyclic) bond motifs is 1. The van der Waals surface area contributed by atoms with Gasteiger partial charge in [0.15, 0.2) is 5.16 Å². The summed E-state index contributed by atoms with van der Waals surface area (Å²) in [6.45, 7) is 4.25. The van der Waals surface area contributed by atoms with Crippen LogP contribution >= 0.6 is 11.8 Å². The highest BCUT2D eigenvalue weighted by molar-refractivity contribution is 7.99. The van der Waals surface area contributed by atoms with Gasteiger partial charge in [-0.2, -0.15) is 0 Å². The zero-order valence-electron chi connectivity index (χ0n) is 15.1. The molecule has 2 aromatic heterocycles. The van der Waals surface area contributed by atoms with Crippen molar-refractivity contribution in [3.8, 4) is 0 Å². The van der Waals surface area contributed by atoms with E-state index in [2.05, 4.69) is 15.5 Å². The second-order valence-corrected chi connectivity index (χ2v) is 7.14. The maximum atomic E-state index is 13.0. The van der Waals surface area contributed by atoms with Gasteiger partial charge in [0, 0.05) is 18.4 Å². The largest absolute Gasteiger partial charge is 0.353 e. The molecule has 3 rings (SSSR count). The minimum absolute atomic E-state index is 0.0873. The van der Waals surface area contributed by atoms with Gasteiger partial charge < -0.3 is 9.88 Å². The van der Waals surface area contributed by atoms with E-state index in [0.717, 1.165) is 12.0 Å². The van der Waals surface area contributed by atoms with E-state index in [9.17, 15) is 14.0 Å². The van der Waals surface area contributed by atoms with E-state index in [1.54, 1.807) is 28.9 Å². The van der Waals surface area contributed by atoms with Crippen molar-refractivity contribution in [3.63, 3.8) is 0 Å². The van der Waals surface area contributed by atoms with Gasteiger partial charge in [-0.1, -0.05) is 30.8 Å². The lowest BCUT2D eigenvalue weighted by molar-refractivity contribution is -0.119. The first-order valence-corrected chi connectivity index (χ1v) is 9.57. The van der Waals surface area contributed by atoms with Crippen LogP contribution in [0.25, 0.3) is 5.65 Å². The Morgan fingerprint density at radius 2 is 2.00 bits per heavy atom. The first-order valence-electron chi connectivity index (χ1n) is 8.58. The van der Waals surface area contributed by atoms with Crippen LogP contribution in [-0.4, -0.2) is 36.9 Å². The van der Waals surface area contributed by atoms with Gasteiger partial charge in [0.1, 0.15) is 5.82 Å². The molecule has 1 N–H and O–H groups in total. The lowest BCUT2D eigenvalue weighted by Crippen LogP contribution is -2.33. The van der Waals surface area contributed by atoms with E-state index in [-0.39, 0.29) is 34.7 Å². The summed E-state index contributed by atoms with van der Waals surface area (Å²) in [4.78, 5) is 24.5. The SMILES string of the molecule is CC[C@H](C)NC(=O)CSc1nnc2c(=O)n(Cc3ccc(F)cc3)ccn12. The number of amides is 1. The van der Waals surface area contributed by atoms with Crippen molar-refractivity contribution in [2.24, 2.45) is 0 Å². The monoisotopic (exact) mass is 389 g/mol. The molecule has 1 atom stereocenters. The van der Waals surface area contributed by atoms with E-state index in [0.29, 0.717) is 11.7 Å². The number of benzene rings is 1. The third-order valence-corrected chi connectivity index (χ3v) is 5.07. The van der Waals surface area contributed by atoms with E-state index < -0.39 is 0 Å². The highest BCUT2D eigenvalue weighted by Crippen LogP contribution is 2.15. The maximum Gasteiger partial charge on any atom is 0.296 e. The second-order valence-electron chi connectivity index (χ2n) is 6.20. The lowest BCUT2D eigenvalue weighted by atomic mass is 10.2. The van der Waals surface area contributed by atoms with Crippen molar-refractivity contribution < 1.29 is 9.18 Å². The van der Waals surface area contributed by atoms with E-state index in [1.807, 2.05) is 13.8 Å². The molecule has 2 heterocycles. The Morgan fingerprint density at radius 1 is 1.26 bits per heavy atom. The molecular weight excluding hydrogens is 369 g/mol. The van der Waals surface area contributed by atoms with Crippen molar-refractivity contribution in [1.82, 2.24) is 24.5 Å². The summed E-state index contributed by atoms with van der Waals surface area (Å²) < 4.78 is 16.1. The summed E-state index contributed by atoms with van der Waals surface area (Å²) in [7, 11) is 0. The number of nitrogens with one attached hydrogen (secondary N) is 1. The zero-order chi connectivity index (χ0) is 19.4. The van der Waals surface area contributed by atoms with Gasteiger partial charge in [-0.05, 0) is 31.0 Å². The Labute approximate surface area is 159 Å². The van der Waals surface area contributed by atoms with Crippen LogP contribution in [0.1, 0.15) is 25.8 Å². The van der Waals surface area contributed by atoms with Crippen LogP contribution in [-0.2, 0) is 11.3 Å². The molecule has 1 amide bonds. The summed E-state index contributed by atoms with van der Waals surface area (Å²) >= 11 is 1.22. The van der Waals surface area contributed by atoms with Gasteiger partial charge in [-0.25, -0.2) is 4.39 Å². The van der Waals surface area contributed by atoms with Gasteiger partial charge in [0.2, 0.25) is 11.6 Å². The number of carbonyl (C=O) groups excluding carboxylic acids is 1. The fourth-order valence-electron chi connectivity index (χ4n) is 2.46. The van der Waals surface area contributed by atoms with Crippen molar-refractivity contribution in [2.75, 3.05) is 5.75 Å². The van der Waals surface area contributed by atoms with Gasteiger partial charge in [0.05, 0.1) is 12.3 Å². The maximum absolute atomic E-state index is 13.0. The molecule has 0 aliphatic heterocycles. The predicted molar refractivity (Wildman–Crippen MR) is 101 cm³/mol. The van der Waals surface area contributed by atoms with Crippen LogP contribution < -0.4 is 10.9 Å². The number of hydrogen-bond donors (Lipinski definition) is 1.